The minimum atomic E-state index is -0.240. The molecule has 0 spiro atoms. The molecule has 4 rings (SSSR count). The summed E-state index contributed by atoms with van der Waals surface area (Å²) in [5, 5.41) is 14.0. The zero-order valence-corrected chi connectivity index (χ0v) is 21.3. The van der Waals surface area contributed by atoms with Crippen LogP contribution in [0.5, 0.6) is 0 Å². The summed E-state index contributed by atoms with van der Waals surface area (Å²) in [5.41, 5.74) is 1.76. The molecule has 1 saturated carbocycles. The van der Waals surface area contributed by atoms with Crippen LogP contribution >= 0.6 is 12.4 Å². The van der Waals surface area contributed by atoms with E-state index in [1.165, 1.54) is 0 Å². The molecule has 34 heavy (non-hydrogen) atoms. The topological polar surface area (TPSA) is 100 Å². The lowest BCUT2D eigenvalue weighted by Gasteiger charge is -2.33. The molecule has 1 saturated heterocycles. The number of carbonyl (C=O) groups excluding carboxylic acids is 1. The molecule has 2 N–H and O–H groups in total. The number of aliphatic hydroxyl groups is 1. The van der Waals surface area contributed by atoms with Crippen molar-refractivity contribution >= 4 is 35.2 Å². The summed E-state index contributed by atoms with van der Waals surface area (Å²) in [6.07, 6.45) is 10.4. The number of aliphatic hydroxyl groups excluding tert-OH is 1. The van der Waals surface area contributed by atoms with Crippen molar-refractivity contribution in [1.82, 2.24) is 19.4 Å². The Bertz CT molecular complexity index is 1040. The number of nitrogens with zero attached hydrogens (tertiary/aromatic N) is 4. The third-order valence-corrected chi connectivity index (χ3v) is 7.34. The third-order valence-electron chi connectivity index (χ3n) is 7.34. The number of rotatable bonds is 6. The van der Waals surface area contributed by atoms with Crippen LogP contribution in [0.4, 0.5) is 5.95 Å². The van der Waals surface area contributed by atoms with Crippen LogP contribution in [0.3, 0.4) is 0 Å². The van der Waals surface area contributed by atoms with Crippen LogP contribution < -0.4 is 10.9 Å². The van der Waals surface area contributed by atoms with Gasteiger partial charge >= 0.3 is 0 Å². The highest BCUT2D eigenvalue weighted by Gasteiger charge is 2.28. The van der Waals surface area contributed by atoms with Gasteiger partial charge in [-0.3, -0.25) is 9.59 Å². The number of nitrogens with one attached hydrogen (secondary N) is 1. The van der Waals surface area contributed by atoms with Gasteiger partial charge in [-0.2, -0.15) is 0 Å². The number of pyridine rings is 1. The van der Waals surface area contributed by atoms with Crippen molar-refractivity contribution in [3.8, 4) is 0 Å². The molecule has 1 unspecified atom stereocenters. The SMILES string of the molecule is CCCC(C)Nc1ncc2c(=O)n(C3CCN(C(C)=O)CC3)cc([C@H]3CC[C@H](O)CC3)c2n1.Cl. The number of hydrogen-bond acceptors (Lipinski definition) is 6. The van der Waals surface area contributed by atoms with Crippen LogP contribution in [0.1, 0.15) is 89.7 Å². The van der Waals surface area contributed by atoms with E-state index in [1.807, 2.05) is 15.7 Å². The maximum absolute atomic E-state index is 13.5. The molecule has 2 aromatic heterocycles. The van der Waals surface area contributed by atoms with Gasteiger partial charge in [0, 0.05) is 44.5 Å². The molecule has 0 radical (unpaired) electrons. The average Bonchev–Trinajstić information content (AvgIpc) is 2.80. The summed E-state index contributed by atoms with van der Waals surface area (Å²) in [7, 11) is 0. The first kappa shape index (κ1) is 26.4. The molecule has 2 aromatic rings. The fourth-order valence-electron chi connectivity index (χ4n) is 5.38. The minimum absolute atomic E-state index is 0. The summed E-state index contributed by atoms with van der Waals surface area (Å²) in [5.74, 6) is 0.912. The van der Waals surface area contributed by atoms with E-state index in [1.54, 1.807) is 13.1 Å². The van der Waals surface area contributed by atoms with Gasteiger partial charge in [0.05, 0.1) is 17.0 Å². The molecular formula is C25H38ClN5O3. The first-order valence-electron chi connectivity index (χ1n) is 12.5. The lowest BCUT2D eigenvalue weighted by atomic mass is 9.82. The lowest BCUT2D eigenvalue weighted by molar-refractivity contribution is -0.130. The van der Waals surface area contributed by atoms with Crippen LogP contribution in [0.2, 0.25) is 0 Å². The van der Waals surface area contributed by atoms with Crippen molar-refractivity contribution in [3.63, 3.8) is 0 Å². The van der Waals surface area contributed by atoms with Gasteiger partial charge < -0.3 is 19.9 Å². The molecule has 1 amide bonds. The second-order valence-corrected chi connectivity index (χ2v) is 9.83. The van der Waals surface area contributed by atoms with Crippen LogP contribution in [-0.2, 0) is 4.79 Å². The van der Waals surface area contributed by atoms with E-state index < -0.39 is 0 Å². The van der Waals surface area contributed by atoms with Crippen LogP contribution in [0.15, 0.2) is 17.2 Å². The quantitative estimate of drug-likeness (QED) is 0.633. The van der Waals surface area contributed by atoms with Gasteiger partial charge in [0.25, 0.3) is 5.56 Å². The Labute approximate surface area is 207 Å². The number of aromatic nitrogens is 3. The maximum Gasteiger partial charge on any atom is 0.261 e. The number of anilines is 1. The van der Waals surface area contributed by atoms with Gasteiger partial charge in [-0.05, 0) is 63.4 Å². The van der Waals surface area contributed by atoms with Crippen molar-refractivity contribution in [2.75, 3.05) is 18.4 Å². The molecule has 1 aliphatic carbocycles. The Kier molecular flexibility index (Phi) is 8.93. The first-order valence-corrected chi connectivity index (χ1v) is 12.5. The Balaban J connectivity index is 0.00000324. The maximum atomic E-state index is 13.5. The molecule has 0 bridgehead atoms. The van der Waals surface area contributed by atoms with E-state index >= 15 is 0 Å². The molecule has 2 fully saturated rings. The molecule has 9 heteroatoms. The van der Waals surface area contributed by atoms with Crippen LogP contribution in [-0.4, -0.2) is 55.7 Å². The highest BCUT2D eigenvalue weighted by Crippen LogP contribution is 2.36. The molecule has 3 heterocycles. The van der Waals surface area contributed by atoms with Gasteiger partial charge in [0.2, 0.25) is 11.9 Å². The Morgan fingerprint density at radius 1 is 1.21 bits per heavy atom. The standard InChI is InChI=1S/C25H37N5O3.ClH/c1-4-5-16(2)27-25-26-14-21-23(28-25)22(18-6-8-20(32)9-7-18)15-30(24(21)33)19-10-12-29(13-11-19)17(3)31;/h14-16,18-20,32H,4-13H2,1-3H3,(H,26,27,28);1H/t16?,18-,20-;. The average molecular weight is 492 g/mol. The predicted molar refractivity (Wildman–Crippen MR) is 137 cm³/mol. The van der Waals surface area contributed by atoms with Gasteiger partial charge in [0.1, 0.15) is 0 Å². The number of carbonyl (C=O) groups is 1. The van der Waals surface area contributed by atoms with E-state index in [4.69, 9.17) is 4.98 Å². The van der Waals surface area contributed by atoms with Crippen molar-refractivity contribution in [1.29, 1.82) is 0 Å². The summed E-state index contributed by atoms with van der Waals surface area (Å²) >= 11 is 0. The number of amides is 1. The van der Waals surface area contributed by atoms with E-state index in [2.05, 4.69) is 24.1 Å². The second kappa shape index (κ2) is 11.5. The molecule has 1 aliphatic heterocycles. The van der Waals surface area contributed by atoms with Gasteiger partial charge in [-0.1, -0.05) is 13.3 Å². The van der Waals surface area contributed by atoms with E-state index in [9.17, 15) is 14.7 Å². The molecule has 2 aliphatic rings. The summed E-state index contributed by atoms with van der Waals surface area (Å²) in [6, 6.07) is 0.320. The third kappa shape index (κ3) is 5.71. The highest BCUT2D eigenvalue weighted by atomic mass is 35.5. The van der Waals surface area contributed by atoms with Crippen molar-refractivity contribution < 1.29 is 9.90 Å². The Hall–Kier alpha value is -2.19. The fraction of sp³-hybridized carbons (Fsp3) is 0.680. The Morgan fingerprint density at radius 2 is 1.88 bits per heavy atom. The molecule has 1 atom stereocenters. The van der Waals surface area contributed by atoms with Crippen molar-refractivity contribution in [2.24, 2.45) is 0 Å². The summed E-state index contributed by atoms with van der Waals surface area (Å²) < 4.78 is 1.87. The molecule has 188 valence electrons. The number of fused-ring (bicyclic) bond motifs is 1. The number of halogens is 1. The minimum Gasteiger partial charge on any atom is -0.393 e. The molecule has 0 aromatic carbocycles. The Morgan fingerprint density at radius 3 is 2.50 bits per heavy atom. The molecule has 8 nitrogen and oxygen atoms in total. The first-order chi connectivity index (χ1) is 15.9. The molecular weight excluding hydrogens is 454 g/mol. The second-order valence-electron chi connectivity index (χ2n) is 9.83. The van der Waals surface area contributed by atoms with E-state index in [0.717, 1.165) is 62.4 Å². The van der Waals surface area contributed by atoms with Crippen molar-refractivity contribution in [3.05, 3.63) is 28.3 Å². The number of piperidine rings is 1. The van der Waals surface area contributed by atoms with E-state index in [-0.39, 0.29) is 48.0 Å². The van der Waals surface area contributed by atoms with Gasteiger partial charge in [-0.25, -0.2) is 9.97 Å². The largest absolute Gasteiger partial charge is 0.393 e. The lowest BCUT2D eigenvalue weighted by Crippen LogP contribution is -2.40. The normalized spacial score (nSPS) is 22.3. The van der Waals surface area contributed by atoms with Crippen LogP contribution in [0.25, 0.3) is 10.9 Å². The smallest absolute Gasteiger partial charge is 0.261 e. The van der Waals surface area contributed by atoms with Crippen molar-refractivity contribution in [2.45, 2.75) is 96.2 Å². The number of hydrogen-bond donors (Lipinski definition) is 2. The van der Waals surface area contributed by atoms with Crippen LogP contribution in [0, 0.1) is 0 Å². The highest BCUT2D eigenvalue weighted by molar-refractivity contribution is 5.85. The fourth-order valence-corrected chi connectivity index (χ4v) is 5.38. The summed E-state index contributed by atoms with van der Waals surface area (Å²) in [4.78, 5) is 36.4. The zero-order chi connectivity index (χ0) is 23.5. The zero-order valence-electron chi connectivity index (χ0n) is 20.5. The number of likely N-dealkylation sites (tertiary alicyclic amines) is 1. The van der Waals surface area contributed by atoms with E-state index in [0.29, 0.717) is 24.4 Å². The summed E-state index contributed by atoms with van der Waals surface area (Å²) in [6.45, 7) is 7.21. The monoisotopic (exact) mass is 491 g/mol. The van der Waals surface area contributed by atoms with Gasteiger partial charge in [-0.15, -0.1) is 12.4 Å². The predicted octanol–water partition coefficient (Wildman–Crippen LogP) is 4.02. The van der Waals surface area contributed by atoms with Gasteiger partial charge in [0.15, 0.2) is 0 Å².